The summed E-state index contributed by atoms with van der Waals surface area (Å²) in [4.78, 5) is 10.4. The second-order valence-corrected chi connectivity index (χ2v) is 9.99. The van der Waals surface area contributed by atoms with Crippen LogP contribution in [0.1, 0.15) is 25.2 Å². The summed E-state index contributed by atoms with van der Waals surface area (Å²) >= 11 is 0. The monoisotopic (exact) mass is 545 g/mol. The van der Waals surface area contributed by atoms with Gasteiger partial charge in [0.25, 0.3) is 0 Å². The summed E-state index contributed by atoms with van der Waals surface area (Å²) in [7, 11) is 1.36. The third-order valence-electron chi connectivity index (χ3n) is 7.34. The van der Waals surface area contributed by atoms with Crippen LogP contribution in [0.4, 0.5) is 23.5 Å². The zero-order valence-electron chi connectivity index (χ0n) is 21.4. The number of methoxy groups -OCH3 is 1. The molecule has 0 aromatic carbocycles. The molecule has 9 nitrogen and oxygen atoms in total. The largest absolute Gasteiger partial charge is 0.479 e. The predicted octanol–water partition coefficient (Wildman–Crippen LogP) is 4.14. The average Bonchev–Trinajstić information content (AvgIpc) is 3.44. The fraction of sp³-hybridized carbons (Fsp3) is 0.423. The first-order chi connectivity index (χ1) is 18.7. The number of hydrogen-bond acceptors (Lipinski definition) is 7. The molecule has 1 unspecified atom stereocenters. The Kier molecular flexibility index (Phi) is 6.42. The number of piperidine rings is 1. The number of ether oxygens (including phenoxy) is 2. The highest BCUT2D eigenvalue weighted by Gasteiger charge is 2.36. The summed E-state index contributed by atoms with van der Waals surface area (Å²) in [6.45, 7) is 7.33. The van der Waals surface area contributed by atoms with Gasteiger partial charge in [0.05, 0.1) is 56.1 Å². The lowest BCUT2D eigenvalue weighted by atomic mass is 10.0. The summed E-state index contributed by atoms with van der Waals surface area (Å²) in [5.41, 5.74) is 0.378. The zero-order valence-corrected chi connectivity index (χ0v) is 21.4. The molecule has 2 aliphatic heterocycles. The molecular formula is C26H27F4N7O2. The van der Waals surface area contributed by atoms with Gasteiger partial charge in [0, 0.05) is 24.8 Å². The van der Waals surface area contributed by atoms with E-state index in [1.54, 1.807) is 0 Å². The molecule has 4 aromatic rings. The molecule has 13 heteroatoms. The fourth-order valence-electron chi connectivity index (χ4n) is 5.16. The number of halogens is 4. The van der Waals surface area contributed by atoms with Gasteiger partial charge in [-0.3, -0.25) is 9.30 Å². The number of pyridine rings is 1. The number of rotatable bonds is 7. The van der Waals surface area contributed by atoms with Crippen LogP contribution in [0.3, 0.4) is 0 Å². The molecule has 4 aromatic heterocycles. The van der Waals surface area contributed by atoms with Gasteiger partial charge in [0.15, 0.2) is 23.5 Å². The van der Waals surface area contributed by atoms with Crippen molar-refractivity contribution in [2.45, 2.75) is 37.8 Å². The van der Waals surface area contributed by atoms with Crippen LogP contribution in [-0.2, 0) is 4.74 Å². The molecule has 0 aliphatic carbocycles. The molecule has 0 bridgehead atoms. The van der Waals surface area contributed by atoms with Gasteiger partial charge in [0.2, 0.25) is 11.8 Å². The van der Waals surface area contributed by atoms with E-state index in [2.05, 4.69) is 31.9 Å². The van der Waals surface area contributed by atoms with E-state index in [0.29, 0.717) is 26.2 Å². The summed E-state index contributed by atoms with van der Waals surface area (Å²) in [6.07, 6.45) is 1.49. The van der Waals surface area contributed by atoms with Gasteiger partial charge >= 0.3 is 0 Å². The quantitative estimate of drug-likeness (QED) is 0.276. The van der Waals surface area contributed by atoms with Gasteiger partial charge in [-0.1, -0.05) is 6.58 Å². The van der Waals surface area contributed by atoms with Crippen LogP contribution in [0.2, 0.25) is 0 Å². The van der Waals surface area contributed by atoms with Crippen molar-refractivity contribution in [2.75, 3.05) is 38.7 Å². The fourth-order valence-corrected chi connectivity index (χ4v) is 5.16. The standard InChI is InChI=1S/C26H27F4N7O2/c1-13(2)22(30)20-7-31-24-16(27)6-14(8-36(20)24)21-18(29)10-37-23(21)25(38-3)33-26(34-37)32-19-4-5-35(9-17(19)28)15-11-39-12-15/h6-8,10,15,17,19,22H,1,4-5,9,11-12H2,2-3H3,(H,32,34)/t17-,19+,22?/m1/s1. The Labute approximate surface area is 221 Å². The average molecular weight is 546 g/mol. The first-order valence-corrected chi connectivity index (χ1v) is 12.6. The highest BCUT2D eigenvalue weighted by Crippen LogP contribution is 2.36. The van der Waals surface area contributed by atoms with Crippen LogP contribution in [0.15, 0.2) is 36.8 Å². The highest BCUT2D eigenvalue weighted by atomic mass is 19.1. The number of allylic oxidation sites excluding steroid dienone is 1. The summed E-state index contributed by atoms with van der Waals surface area (Å²) in [6, 6.07) is 0.818. The number of imidazole rings is 1. The van der Waals surface area contributed by atoms with Crippen molar-refractivity contribution < 1.29 is 27.0 Å². The van der Waals surface area contributed by atoms with Gasteiger partial charge in [-0.25, -0.2) is 27.1 Å². The topological polar surface area (TPSA) is 81.2 Å². The summed E-state index contributed by atoms with van der Waals surface area (Å²) < 4.78 is 73.3. The lowest BCUT2D eigenvalue weighted by Crippen LogP contribution is -2.57. The summed E-state index contributed by atoms with van der Waals surface area (Å²) in [5, 5.41) is 7.36. The molecule has 0 saturated carbocycles. The van der Waals surface area contributed by atoms with E-state index in [-0.39, 0.29) is 58.0 Å². The lowest BCUT2D eigenvalue weighted by Gasteiger charge is -2.42. The second-order valence-electron chi connectivity index (χ2n) is 9.99. The molecule has 2 aliphatic rings. The molecule has 6 rings (SSSR count). The van der Waals surface area contributed by atoms with Crippen LogP contribution in [0.5, 0.6) is 5.88 Å². The van der Waals surface area contributed by atoms with E-state index in [1.165, 1.54) is 35.3 Å². The normalized spacial score (nSPS) is 21.3. The minimum atomic E-state index is -1.59. The van der Waals surface area contributed by atoms with E-state index in [4.69, 9.17) is 9.47 Å². The first-order valence-electron chi connectivity index (χ1n) is 12.6. The van der Waals surface area contributed by atoms with Crippen LogP contribution in [0, 0.1) is 11.6 Å². The molecule has 0 amide bonds. The van der Waals surface area contributed by atoms with Crippen LogP contribution in [-0.4, -0.2) is 80.6 Å². The second kappa shape index (κ2) is 9.79. The van der Waals surface area contributed by atoms with Crippen LogP contribution in [0.25, 0.3) is 22.3 Å². The number of nitrogens with one attached hydrogen (secondary N) is 1. The molecule has 39 heavy (non-hydrogen) atoms. The minimum absolute atomic E-state index is 0.00234. The Morgan fingerprint density at radius 1 is 1.26 bits per heavy atom. The lowest BCUT2D eigenvalue weighted by molar-refractivity contribution is -0.0794. The summed E-state index contributed by atoms with van der Waals surface area (Å²) in [5.74, 6) is -1.42. The van der Waals surface area contributed by atoms with Crippen molar-refractivity contribution in [1.29, 1.82) is 0 Å². The SMILES string of the molecule is C=C(C)C(F)c1cnc2c(F)cc(-c3c(F)cn4nc(N[C@H]5CCN(C6COC6)C[C@H]5F)nc(OC)c34)cn12. The molecule has 1 N–H and O–H groups in total. The Morgan fingerprint density at radius 2 is 2.05 bits per heavy atom. The maximum atomic E-state index is 15.4. The highest BCUT2D eigenvalue weighted by molar-refractivity contribution is 5.85. The number of nitrogens with zero attached hydrogens (tertiary/aromatic N) is 6. The molecule has 206 valence electrons. The van der Waals surface area contributed by atoms with Crippen LogP contribution >= 0.6 is 0 Å². The number of fused-ring (bicyclic) bond motifs is 2. The minimum Gasteiger partial charge on any atom is -0.479 e. The van der Waals surface area contributed by atoms with E-state index in [0.717, 1.165) is 12.3 Å². The molecule has 2 fully saturated rings. The van der Waals surface area contributed by atoms with Gasteiger partial charge in [-0.2, -0.15) is 4.98 Å². The smallest absolute Gasteiger partial charge is 0.244 e. The van der Waals surface area contributed by atoms with E-state index in [1.807, 2.05) is 0 Å². The van der Waals surface area contributed by atoms with Crippen molar-refractivity contribution in [2.24, 2.45) is 0 Å². The molecule has 0 radical (unpaired) electrons. The Morgan fingerprint density at radius 3 is 2.72 bits per heavy atom. The van der Waals surface area contributed by atoms with Crippen molar-refractivity contribution >= 4 is 17.1 Å². The number of aromatic nitrogens is 5. The number of likely N-dealkylation sites (tertiary alicyclic amines) is 1. The van der Waals surface area contributed by atoms with Crippen molar-refractivity contribution in [1.82, 2.24) is 28.9 Å². The third kappa shape index (κ3) is 4.39. The third-order valence-corrected chi connectivity index (χ3v) is 7.34. The van der Waals surface area contributed by atoms with Crippen molar-refractivity contribution in [3.05, 3.63) is 54.1 Å². The van der Waals surface area contributed by atoms with E-state index < -0.39 is 30.0 Å². The van der Waals surface area contributed by atoms with Gasteiger partial charge in [0.1, 0.15) is 11.7 Å². The molecule has 3 atom stereocenters. The van der Waals surface area contributed by atoms with E-state index in [9.17, 15) is 8.78 Å². The first kappa shape index (κ1) is 25.6. The predicted molar refractivity (Wildman–Crippen MR) is 135 cm³/mol. The number of hydrogen-bond donors (Lipinski definition) is 1. The van der Waals surface area contributed by atoms with Crippen molar-refractivity contribution in [3.8, 4) is 17.0 Å². The Hall–Kier alpha value is -3.71. The van der Waals surface area contributed by atoms with Gasteiger partial charge in [-0.05, 0) is 25.0 Å². The number of anilines is 1. The van der Waals surface area contributed by atoms with Gasteiger partial charge < -0.3 is 14.8 Å². The maximum Gasteiger partial charge on any atom is 0.244 e. The number of alkyl halides is 2. The zero-order chi connectivity index (χ0) is 27.4. The Balaban J connectivity index is 1.36. The Bertz CT molecular complexity index is 1570. The van der Waals surface area contributed by atoms with Gasteiger partial charge in [-0.15, -0.1) is 5.10 Å². The molecule has 2 saturated heterocycles. The molecule has 6 heterocycles. The maximum absolute atomic E-state index is 15.4. The molecular weight excluding hydrogens is 518 g/mol. The van der Waals surface area contributed by atoms with Crippen molar-refractivity contribution in [3.63, 3.8) is 0 Å². The van der Waals surface area contributed by atoms with E-state index >= 15 is 8.78 Å². The molecule has 0 spiro atoms. The van der Waals surface area contributed by atoms with Crippen LogP contribution < -0.4 is 10.1 Å².